The number of nitrogens with two attached hydrogens (primary N) is 1. The standard InChI is InChI=1S/C17H20N4O.C4H4O4/c18-15-3-1-2-13(8-15)14-9-19-17(20-10-14)22-16-11-21-6-4-12(16)5-7-21;5-3(6)1-2-4(7)8/h1-3,8-10,12,16H,4-7,11,18H2;1-2H,(H,5,6)(H,7,8)/b;2-1+/t16-;/m1./s1. The minimum Gasteiger partial charge on any atom is -0.478 e. The van der Waals surface area contributed by atoms with Crippen LogP contribution < -0.4 is 10.5 Å². The summed E-state index contributed by atoms with van der Waals surface area (Å²) in [7, 11) is 0. The smallest absolute Gasteiger partial charge is 0.328 e. The lowest BCUT2D eigenvalue weighted by Gasteiger charge is -2.43. The molecule has 0 saturated carbocycles. The molecule has 2 aromatic rings. The number of hydrogen-bond donors (Lipinski definition) is 3. The van der Waals surface area contributed by atoms with Crippen LogP contribution in [0, 0.1) is 5.92 Å². The summed E-state index contributed by atoms with van der Waals surface area (Å²) in [5.74, 6) is -1.86. The summed E-state index contributed by atoms with van der Waals surface area (Å²) in [6.45, 7) is 3.42. The van der Waals surface area contributed by atoms with Gasteiger partial charge in [0.2, 0.25) is 0 Å². The normalized spacial score (nSPS) is 22.2. The van der Waals surface area contributed by atoms with E-state index in [0.29, 0.717) is 24.1 Å². The lowest BCUT2D eigenvalue weighted by atomic mass is 9.86. The van der Waals surface area contributed by atoms with E-state index in [1.54, 1.807) is 12.4 Å². The number of ether oxygens (including phenoxy) is 1. The van der Waals surface area contributed by atoms with Crippen LogP contribution in [0.25, 0.3) is 11.1 Å². The summed E-state index contributed by atoms with van der Waals surface area (Å²) in [6, 6.07) is 8.21. The molecule has 1 aromatic carbocycles. The molecule has 0 aliphatic carbocycles. The first-order chi connectivity index (χ1) is 14.4. The first kappa shape index (κ1) is 21.3. The molecule has 30 heavy (non-hydrogen) atoms. The lowest BCUT2D eigenvalue weighted by molar-refractivity contribution is -0.134. The second-order valence-corrected chi connectivity index (χ2v) is 7.18. The molecule has 3 aliphatic rings. The summed E-state index contributed by atoms with van der Waals surface area (Å²) in [5, 5.41) is 15.6. The van der Waals surface area contributed by atoms with E-state index >= 15 is 0 Å². The molecular weight excluding hydrogens is 388 g/mol. The summed E-state index contributed by atoms with van der Waals surface area (Å²) in [6.07, 6.45) is 7.42. The Hall–Kier alpha value is -3.46. The molecule has 0 amide bonds. The van der Waals surface area contributed by atoms with Gasteiger partial charge in [-0.3, -0.25) is 4.90 Å². The molecule has 0 radical (unpaired) electrons. The minimum atomic E-state index is -1.26. The van der Waals surface area contributed by atoms with Gasteiger partial charge in [-0.2, -0.15) is 0 Å². The van der Waals surface area contributed by atoms with E-state index in [4.69, 9.17) is 20.7 Å². The Bertz CT molecular complexity index is 892. The van der Waals surface area contributed by atoms with E-state index in [2.05, 4.69) is 14.9 Å². The molecule has 4 heterocycles. The molecule has 3 saturated heterocycles. The number of benzene rings is 1. The number of carbonyl (C=O) groups is 2. The second kappa shape index (κ2) is 9.84. The molecule has 0 unspecified atom stereocenters. The molecule has 5 rings (SSSR count). The second-order valence-electron chi connectivity index (χ2n) is 7.18. The third kappa shape index (κ3) is 6.02. The number of rotatable bonds is 5. The maximum atomic E-state index is 9.55. The van der Waals surface area contributed by atoms with Crippen molar-refractivity contribution in [1.82, 2.24) is 14.9 Å². The first-order valence-corrected chi connectivity index (χ1v) is 9.61. The van der Waals surface area contributed by atoms with E-state index in [1.807, 2.05) is 24.3 Å². The number of carboxylic acids is 2. The van der Waals surface area contributed by atoms with Crippen molar-refractivity contribution in [3.8, 4) is 17.1 Å². The Labute approximate surface area is 173 Å². The van der Waals surface area contributed by atoms with Crippen LogP contribution in [0.2, 0.25) is 0 Å². The molecule has 3 fully saturated rings. The number of nitrogens with zero attached hydrogens (tertiary/aromatic N) is 3. The van der Waals surface area contributed by atoms with Crippen molar-refractivity contribution in [2.24, 2.45) is 5.92 Å². The highest BCUT2D eigenvalue weighted by atomic mass is 16.5. The van der Waals surface area contributed by atoms with Crippen LogP contribution in [-0.4, -0.2) is 62.8 Å². The fourth-order valence-electron chi connectivity index (χ4n) is 3.57. The van der Waals surface area contributed by atoms with Crippen LogP contribution in [0.1, 0.15) is 12.8 Å². The average Bonchev–Trinajstić information content (AvgIpc) is 2.74. The minimum absolute atomic E-state index is 0.237. The predicted molar refractivity (Wildman–Crippen MR) is 110 cm³/mol. The highest BCUT2D eigenvalue weighted by molar-refractivity contribution is 5.89. The van der Waals surface area contributed by atoms with Gasteiger partial charge < -0.3 is 20.7 Å². The van der Waals surface area contributed by atoms with Crippen LogP contribution in [-0.2, 0) is 9.59 Å². The van der Waals surface area contributed by atoms with Crippen molar-refractivity contribution < 1.29 is 24.5 Å². The number of carboxylic acid groups (broad SMARTS) is 2. The zero-order chi connectivity index (χ0) is 21.5. The Morgan fingerprint density at radius 1 is 1.07 bits per heavy atom. The van der Waals surface area contributed by atoms with Crippen molar-refractivity contribution in [1.29, 1.82) is 0 Å². The Morgan fingerprint density at radius 3 is 2.20 bits per heavy atom. The van der Waals surface area contributed by atoms with Gasteiger partial charge in [-0.05, 0) is 49.5 Å². The maximum absolute atomic E-state index is 9.55. The molecule has 9 heteroatoms. The van der Waals surface area contributed by atoms with Crippen LogP contribution in [0.3, 0.4) is 0 Å². The summed E-state index contributed by atoms with van der Waals surface area (Å²) in [4.78, 5) is 30.3. The average molecular weight is 412 g/mol. The van der Waals surface area contributed by atoms with Crippen molar-refractivity contribution in [2.45, 2.75) is 18.9 Å². The zero-order valence-electron chi connectivity index (χ0n) is 16.3. The van der Waals surface area contributed by atoms with Gasteiger partial charge in [-0.15, -0.1) is 0 Å². The van der Waals surface area contributed by atoms with Crippen molar-refractivity contribution in [2.75, 3.05) is 25.4 Å². The van der Waals surface area contributed by atoms with Crippen molar-refractivity contribution in [3.05, 3.63) is 48.8 Å². The third-order valence-electron chi connectivity index (χ3n) is 5.07. The number of nitrogen functional groups attached to an aromatic ring is 1. The van der Waals surface area contributed by atoms with Crippen LogP contribution in [0.15, 0.2) is 48.8 Å². The predicted octanol–water partition coefficient (Wildman–Crippen LogP) is 1.91. The van der Waals surface area contributed by atoms with E-state index in [1.165, 1.54) is 25.9 Å². The van der Waals surface area contributed by atoms with E-state index in [-0.39, 0.29) is 6.10 Å². The largest absolute Gasteiger partial charge is 0.478 e. The fraction of sp³-hybridized carbons (Fsp3) is 0.333. The zero-order valence-corrected chi connectivity index (χ0v) is 16.3. The molecule has 9 nitrogen and oxygen atoms in total. The first-order valence-electron chi connectivity index (χ1n) is 9.61. The molecule has 1 atom stereocenters. The molecule has 158 valence electrons. The van der Waals surface area contributed by atoms with Crippen LogP contribution in [0.4, 0.5) is 5.69 Å². The van der Waals surface area contributed by atoms with Gasteiger partial charge in [0.25, 0.3) is 0 Å². The van der Waals surface area contributed by atoms with E-state index < -0.39 is 11.9 Å². The number of piperidine rings is 3. The van der Waals surface area contributed by atoms with Gasteiger partial charge in [0.15, 0.2) is 0 Å². The number of aliphatic carboxylic acids is 2. The molecule has 0 spiro atoms. The van der Waals surface area contributed by atoms with Gasteiger partial charge in [0.1, 0.15) is 6.10 Å². The highest BCUT2D eigenvalue weighted by Crippen LogP contribution is 2.30. The SMILES string of the molecule is Nc1cccc(-c2cnc(O[C@@H]3CN4CCC3CC4)nc2)c1.O=C(O)/C=C/C(=O)O. The van der Waals surface area contributed by atoms with Crippen LogP contribution in [0.5, 0.6) is 6.01 Å². The van der Waals surface area contributed by atoms with Crippen molar-refractivity contribution in [3.63, 3.8) is 0 Å². The van der Waals surface area contributed by atoms with Gasteiger partial charge in [0, 0.05) is 42.3 Å². The van der Waals surface area contributed by atoms with Crippen LogP contribution >= 0.6 is 0 Å². The van der Waals surface area contributed by atoms with E-state index in [9.17, 15) is 9.59 Å². The van der Waals surface area contributed by atoms with Gasteiger partial charge in [0.05, 0.1) is 0 Å². The van der Waals surface area contributed by atoms with E-state index in [0.717, 1.165) is 23.4 Å². The lowest BCUT2D eigenvalue weighted by Crippen LogP contribution is -2.52. The third-order valence-corrected chi connectivity index (χ3v) is 5.07. The quantitative estimate of drug-likeness (QED) is 0.496. The van der Waals surface area contributed by atoms with Gasteiger partial charge >= 0.3 is 17.9 Å². The highest BCUT2D eigenvalue weighted by Gasteiger charge is 2.35. The summed E-state index contributed by atoms with van der Waals surface area (Å²) < 4.78 is 6.02. The fourth-order valence-corrected chi connectivity index (χ4v) is 3.57. The molecule has 1 aromatic heterocycles. The Balaban J connectivity index is 0.000000275. The molecule has 2 bridgehead atoms. The molecule has 3 aliphatic heterocycles. The Kier molecular flexibility index (Phi) is 6.97. The maximum Gasteiger partial charge on any atom is 0.328 e. The molecule has 4 N–H and O–H groups in total. The Morgan fingerprint density at radius 2 is 1.70 bits per heavy atom. The van der Waals surface area contributed by atoms with Gasteiger partial charge in [-0.1, -0.05) is 12.1 Å². The monoisotopic (exact) mass is 412 g/mol. The summed E-state index contributed by atoms with van der Waals surface area (Å²) in [5.41, 5.74) is 8.53. The molecular formula is C21H24N4O5. The number of hydrogen-bond acceptors (Lipinski definition) is 7. The number of anilines is 1. The number of fused-ring (bicyclic) bond motifs is 3. The topological polar surface area (TPSA) is 139 Å². The van der Waals surface area contributed by atoms with Gasteiger partial charge in [-0.25, -0.2) is 19.6 Å². The van der Waals surface area contributed by atoms with Crippen molar-refractivity contribution >= 4 is 17.6 Å². The number of aromatic nitrogens is 2. The summed E-state index contributed by atoms with van der Waals surface area (Å²) >= 11 is 0.